The first kappa shape index (κ1) is 58.7. The van der Waals surface area contributed by atoms with Crippen LogP contribution in [0, 0.1) is 0 Å². The van der Waals surface area contributed by atoms with E-state index in [-0.39, 0.29) is 19.1 Å². The van der Waals surface area contributed by atoms with Crippen LogP contribution >= 0.6 is 7.82 Å². The number of unbranched alkanes of at least 4 members (excludes halogenated alkanes) is 29. The van der Waals surface area contributed by atoms with Gasteiger partial charge in [0.2, 0.25) is 5.91 Å². The Bertz CT molecular complexity index is 1070. The van der Waals surface area contributed by atoms with Gasteiger partial charge in [0.05, 0.1) is 39.9 Å². The molecule has 0 spiro atoms. The Morgan fingerprint density at radius 3 is 1.42 bits per heavy atom. The van der Waals surface area contributed by atoms with Crippen LogP contribution in [0.1, 0.15) is 232 Å². The zero-order valence-electron chi connectivity index (χ0n) is 40.2. The van der Waals surface area contributed by atoms with Crippen molar-refractivity contribution in [2.75, 3.05) is 40.9 Å². The van der Waals surface area contributed by atoms with E-state index in [9.17, 15) is 19.4 Å². The third kappa shape index (κ3) is 44.8. The molecule has 0 aliphatic rings. The second-order valence-electron chi connectivity index (χ2n) is 18.5. The minimum absolute atomic E-state index is 0.00388. The summed E-state index contributed by atoms with van der Waals surface area (Å²) in [6.45, 7) is 4.62. The number of nitrogens with one attached hydrogen (secondary N) is 1. The first-order chi connectivity index (χ1) is 29.0. The lowest BCUT2D eigenvalue weighted by Gasteiger charge is -2.29. The highest BCUT2D eigenvalue weighted by molar-refractivity contribution is 7.45. The lowest BCUT2D eigenvalue weighted by molar-refractivity contribution is -0.870. The van der Waals surface area contributed by atoms with Gasteiger partial charge in [0, 0.05) is 6.42 Å². The van der Waals surface area contributed by atoms with Crippen molar-refractivity contribution >= 4 is 13.7 Å². The second kappa shape index (κ2) is 43.0. The molecule has 0 aliphatic heterocycles. The van der Waals surface area contributed by atoms with Gasteiger partial charge in [-0.3, -0.25) is 9.36 Å². The highest BCUT2D eigenvalue weighted by Gasteiger charge is 2.23. The number of hydrogen-bond donors (Lipinski definition) is 2. The summed E-state index contributed by atoms with van der Waals surface area (Å²) in [5.41, 5.74) is 0. The third-order valence-electron chi connectivity index (χ3n) is 11.3. The van der Waals surface area contributed by atoms with Gasteiger partial charge in [-0.2, -0.15) is 0 Å². The van der Waals surface area contributed by atoms with Gasteiger partial charge in [-0.1, -0.05) is 211 Å². The standard InChI is InChI=1S/C51H99N2O6P/c1-6-8-10-12-14-16-18-20-22-23-24-25-26-27-28-29-31-32-34-36-38-40-42-44-50(54)49(48-59-60(56,57)58-47-46-53(3,4)5)52-51(55)45-43-41-39-37-35-33-30-21-19-17-15-13-11-9-7-2/h15,17,21,30,42,44,49-50,54H,6-14,16,18-20,22-29,31-41,43,45-48H2,1-5H3,(H-,52,55,56,57)/b17-15-,30-21-,44-42+. The van der Waals surface area contributed by atoms with Crippen LogP contribution in [0.3, 0.4) is 0 Å². The summed E-state index contributed by atoms with van der Waals surface area (Å²) in [6.07, 6.45) is 53.4. The fourth-order valence-electron chi connectivity index (χ4n) is 7.30. The van der Waals surface area contributed by atoms with Crippen LogP contribution in [0.25, 0.3) is 0 Å². The molecular weight excluding hydrogens is 768 g/mol. The molecule has 0 heterocycles. The van der Waals surface area contributed by atoms with Gasteiger partial charge >= 0.3 is 0 Å². The summed E-state index contributed by atoms with van der Waals surface area (Å²) in [4.78, 5) is 25.4. The fourth-order valence-corrected chi connectivity index (χ4v) is 8.02. The minimum atomic E-state index is -4.59. The topological polar surface area (TPSA) is 108 Å². The Morgan fingerprint density at radius 2 is 0.967 bits per heavy atom. The molecular formula is C51H99N2O6P. The molecule has 3 unspecified atom stereocenters. The van der Waals surface area contributed by atoms with Crippen molar-refractivity contribution in [2.24, 2.45) is 0 Å². The van der Waals surface area contributed by atoms with E-state index < -0.39 is 20.0 Å². The van der Waals surface area contributed by atoms with Gasteiger partial charge in [-0.15, -0.1) is 0 Å². The number of amides is 1. The van der Waals surface area contributed by atoms with Crippen LogP contribution in [0.5, 0.6) is 0 Å². The molecule has 8 nitrogen and oxygen atoms in total. The third-order valence-corrected chi connectivity index (χ3v) is 12.3. The number of carbonyl (C=O) groups is 1. The van der Waals surface area contributed by atoms with Gasteiger partial charge < -0.3 is 28.8 Å². The van der Waals surface area contributed by atoms with Crippen molar-refractivity contribution < 1.29 is 32.9 Å². The average Bonchev–Trinajstić information content (AvgIpc) is 3.20. The maximum absolute atomic E-state index is 12.9. The molecule has 2 N–H and O–H groups in total. The van der Waals surface area contributed by atoms with Crippen molar-refractivity contribution in [3.63, 3.8) is 0 Å². The van der Waals surface area contributed by atoms with E-state index in [2.05, 4.69) is 43.5 Å². The smallest absolute Gasteiger partial charge is 0.268 e. The molecule has 0 aromatic heterocycles. The number of aliphatic hydroxyl groups excluding tert-OH is 1. The van der Waals surface area contributed by atoms with E-state index in [0.29, 0.717) is 17.4 Å². The SMILES string of the molecule is CCCCC/C=C\C/C=C\CCCCCCCC(=O)NC(COP(=O)([O-])OCC[N+](C)(C)C)C(O)/C=C/CCCCCCCCCCCCCCCCCCCCCCC. The molecule has 0 aromatic carbocycles. The molecule has 0 saturated heterocycles. The van der Waals surface area contributed by atoms with E-state index in [4.69, 9.17) is 9.05 Å². The maximum Gasteiger partial charge on any atom is 0.268 e. The normalized spacial score (nSPS) is 14.4. The number of aliphatic hydroxyl groups is 1. The summed E-state index contributed by atoms with van der Waals surface area (Å²) < 4.78 is 23.3. The fraction of sp³-hybridized carbons (Fsp3) is 0.863. The zero-order valence-corrected chi connectivity index (χ0v) is 41.1. The zero-order chi connectivity index (χ0) is 44.3. The van der Waals surface area contributed by atoms with E-state index >= 15 is 0 Å². The van der Waals surface area contributed by atoms with Crippen LogP contribution < -0.4 is 10.2 Å². The number of phosphoric ester groups is 1. The molecule has 0 bridgehead atoms. The van der Waals surface area contributed by atoms with Crippen LogP contribution in [0.2, 0.25) is 0 Å². The predicted octanol–water partition coefficient (Wildman–Crippen LogP) is 14.0. The number of carbonyl (C=O) groups excluding carboxylic acids is 1. The molecule has 0 aliphatic carbocycles. The Labute approximate surface area is 372 Å². The first-order valence-electron chi connectivity index (χ1n) is 25.4. The van der Waals surface area contributed by atoms with Crippen molar-refractivity contribution in [3.05, 3.63) is 36.5 Å². The van der Waals surface area contributed by atoms with Crippen LogP contribution in [0.4, 0.5) is 0 Å². The molecule has 1 amide bonds. The van der Waals surface area contributed by atoms with Crippen LogP contribution in [-0.2, 0) is 18.4 Å². The van der Waals surface area contributed by atoms with E-state index in [1.54, 1.807) is 6.08 Å². The Balaban J connectivity index is 4.30. The first-order valence-corrected chi connectivity index (χ1v) is 26.8. The van der Waals surface area contributed by atoms with Gasteiger partial charge in [0.15, 0.2) is 0 Å². The summed E-state index contributed by atoms with van der Waals surface area (Å²) in [7, 11) is 1.25. The number of phosphoric acid groups is 1. The molecule has 0 fully saturated rings. The summed E-state index contributed by atoms with van der Waals surface area (Å²) >= 11 is 0. The molecule has 354 valence electrons. The quantitative estimate of drug-likeness (QED) is 0.0273. The van der Waals surface area contributed by atoms with Crippen molar-refractivity contribution in [1.29, 1.82) is 0 Å². The lowest BCUT2D eigenvalue weighted by Crippen LogP contribution is -2.45. The van der Waals surface area contributed by atoms with Crippen LogP contribution in [-0.4, -0.2) is 68.5 Å². The number of likely N-dealkylation sites (N-methyl/N-ethyl adjacent to an activating group) is 1. The van der Waals surface area contributed by atoms with Gasteiger partial charge in [-0.25, -0.2) is 0 Å². The molecule has 9 heteroatoms. The number of quaternary nitrogens is 1. The van der Waals surface area contributed by atoms with E-state index in [0.717, 1.165) is 64.2 Å². The van der Waals surface area contributed by atoms with Gasteiger partial charge in [0.25, 0.3) is 7.82 Å². The Morgan fingerprint density at radius 1 is 0.583 bits per heavy atom. The largest absolute Gasteiger partial charge is 0.756 e. The van der Waals surface area contributed by atoms with Crippen molar-refractivity contribution in [1.82, 2.24) is 5.32 Å². The summed E-state index contributed by atoms with van der Waals surface area (Å²) in [6, 6.07) is -0.893. The number of allylic oxidation sites excluding steroid dienone is 5. The molecule has 0 rings (SSSR count). The van der Waals surface area contributed by atoms with Crippen LogP contribution in [0.15, 0.2) is 36.5 Å². The molecule has 0 saturated carbocycles. The monoisotopic (exact) mass is 867 g/mol. The maximum atomic E-state index is 12.9. The average molecular weight is 867 g/mol. The van der Waals surface area contributed by atoms with E-state index in [1.165, 1.54) is 148 Å². The lowest BCUT2D eigenvalue weighted by atomic mass is 10.0. The van der Waals surface area contributed by atoms with Gasteiger partial charge in [0.1, 0.15) is 13.2 Å². The second-order valence-corrected chi connectivity index (χ2v) is 19.9. The summed E-state index contributed by atoms with van der Waals surface area (Å²) in [5.74, 6) is -0.210. The van der Waals surface area contributed by atoms with Gasteiger partial charge in [-0.05, 0) is 51.4 Å². The summed E-state index contributed by atoms with van der Waals surface area (Å²) in [5, 5.41) is 13.8. The molecule has 60 heavy (non-hydrogen) atoms. The Kier molecular flexibility index (Phi) is 42.1. The molecule has 3 atom stereocenters. The van der Waals surface area contributed by atoms with Crippen molar-refractivity contribution in [3.8, 4) is 0 Å². The molecule has 0 radical (unpaired) electrons. The predicted molar refractivity (Wildman–Crippen MR) is 256 cm³/mol. The Hall–Kier alpha value is -1.28. The number of hydrogen-bond acceptors (Lipinski definition) is 6. The minimum Gasteiger partial charge on any atom is -0.756 e. The number of nitrogens with zero attached hydrogens (tertiary/aromatic N) is 1. The van der Waals surface area contributed by atoms with E-state index in [1.807, 2.05) is 27.2 Å². The molecule has 0 aromatic rings. The van der Waals surface area contributed by atoms with Crippen molar-refractivity contribution in [2.45, 2.75) is 244 Å². The number of rotatable bonds is 46. The highest BCUT2D eigenvalue weighted by Crippen LogP contribution is 2.38. The highest BCUT2D eigenvalue weighted by atomic mass is 31.2.